The molecule has 0 saturated heterocycles. The molecule has 5 heteroatoms. The fourth-order valence-electron chi connectivity index (χ4n) is 0.936. The summed E-state index contributed by atoms with van der Waals surface area (Å²) in [5.74, 6) is -0.486. The van der Waals surface area contributed by atoms with E-state index in [4.69, 9.17) is 14.9 Å². The van der Waals surface area contributed by atoms with Crippen LogP contribution in [0.15, 0.2) is 11.6 Å². The van der Waals surface area contributed by atoms with Crippen molar-refractivity contribution in [3.63, 3.8) is 0 Å². The lowest BCUT2D eigenvalue weighted by molar-refractivity contribution is -0.142. The molecule has 0 radical (unpaired) electrons. The van der Waals surface area contributed by atoms with Crippen LogP contribution in [-0.4, -0.2) is 40.3 Å². The molecule has 3 N–H and O–H groups in total. The van der Waals surface area contributed by atoms with Crippen molar-refractivity contribution in [3.8, 4) is 0 Å². The first-order valence-corrected chi connectivity index (χ1v) is 5.35. The Morgan fingerprint density at radius 3 is 2.50 bits per heavy atom. The van der Waals surface area contributed by atoms with Crippen LogP contribution in [0.3, 0.4) is 0 Å². The van der Waals surface area contributed by atoms with Crippen molar-refractivity contribution in [3.05, 3.63) is 11.6 Å². The van der Waals surface area contributed by atoms with Crippen molar-refractivity contribution < 1.29 is 24.9 Å². The summed E-state index contributed by atoms with van der Waals surface area (Å²) in [6, 6.07) is 0. The average molecular weight is 232 g/mol. The van der Waals surface area contributed by atoms with Crippen LogP contribution in [-0.2, 0) is 9.53 Å². The molecule has 1 unspecified atom stereocenters. The summed E-state index contributed by atoms with van der Waals surface area (Å²) in [4.78, 5) is 11.3. The Morgan fingerprint density at radius 2 is 2.00 bits per heavy atom. The second kappa shape index (κ2) is 8.27. The van der Waals surface area contributed by atoms with Crippen molar-refractivity contribution in [2.24, 2.45) is 0 Å². The molecule has 0 amide bonds. The number of rotatable bonds is 7. The number of esters is 1. The highest BCUT2D eigenvalue weighted by atomic mass is 16.5. The number of ether oxygens (including phenoxy) is 1. The van der Waals surface area contributed by atoms with Gasteiger partial charge in [0, 0.05) is 12.0 Å². The normalized spacial score (nSPS) is 14.0. The van der Waals surface area contributed by atoms with E-state index in [2.05, 4.69) is 0 Å². The van der Waals surface area contributed by atoms with Gasteiger partial charge in [-0.2, -0.15) is 0 Å². The smallest absolute Gasteiger partial charge is 0.333 e. The summed E-state index contributed by atoms with van der Waals surface area (Å²) in [6.07, 6.45) is 0.710. The second-order valence-electron chi connectivity index (χ2n) is 3.61. The molecular weight excluding hydrogens is 212 g/mol. The third-order valence-corrected chi connectivity index (χ3v) is 2.08. The van der Waals surface area contributed by atoms with Gasteiger partial charge in [-0.05, 0) is 19.8 Å². The zero-order chi connectivity index (χ0) is 12.6. The maximum absolute atomic E-state index is 11.3. The molecule has 0 spiro atoms. The number of hydrogen-bond donors (Lipinski definition) is 3. The van der Waals surface area contributed by atoms with Crippen molar-refractivity contribution in [2.45, 2.75) is 45.5 Å². The van der Waals surface area contributed by atoms with E-state index in [1.54, 1.807) is 19.9 Å². The van der Waals surface area contributed by atoms with Crippen LogP contribution in [0.1, 0.15) is 33.1 Å². The summed E-state index contributed by atoms with van der Waals surface area (Å²) < 4.78 is 4.83. The second-order valence-corrected chi connectivity index (χ2v) is 3.61. The Bertz CT molecular complexity index is 235. The molecule has 0 aliphatic carbocycles. The Labute approximate surface area is 95.4 Å². The highest BCUT2D eigenvalue weighted by Gasteiger charge is 2.08. The minimum atomic E-state index is -1.36. The Morgan fingerprint density at radius 1 is 1.38 bits per heavy atom. The molecule has 0 aromatic carbocycles. The number of aliphatic hydroxyl groups is 3. The molecule has 5 nitrogen and oxygen atoms in total. The topological polar surface area (TPSA) is 87.0 Å². The quantitative estimate of drug-likeness (QED) is 0.335. The first-order valence-electron chi connectivity index (χ1n) is 5.35. The Hall–Kier alpha value is -0.910. The van der Waals surface area contributed by atoms with E-state index in [9.17, 15) is 9.90 Å². The van der Waals surface area contributed by atoms with E-state index in [-0.39, 0.29) is 13.0 Å². The number of hydrogen-bond acceptors (Lipinski definition) is 5. The van der Waals surface area contributed by atoms with Gasteiger partial charge in [-0.3, -0.25) is 0 Å². The molecule has 0 aromatic heterocycles. The zero-order valence-corrected chi connectivity index (χ0v) is 9.72. The van der Waals surface area contributed by atoms with Crippen molar-refractivity contribution in [2.75, 3.05) is 6.61 Å². The first kappa shape index (κ1) is 15.1. The van der Waals surface area contributed by atoms with Gasteiger partial charge < -0.3 is 20.1 Å². The molecule has 16 heavy (non-hydrogen) atoms. The van der Waals surface area contributed by atoms with E-state index in [1.807, 2.05) is 0 Å². The third kappa shape index (κ3) is 7.39. The molecule has 0 aromatic rings. The lowest BCUT2D eigenvalue weighted by Gasteiger charge is -2.09. The van der Waals surface area contributed by atoms with Gasteiger partial charge in [-0.1, -0.05) is 13.0 Å². The van der Waals surface area contributed by atoms with Gasteiger partial charge in [0.05, 0.1) is 6.10 Å². The van der Waals surface area contributed by atoms with Crippen LogP contribution < -0.4 is 0 Å². The Balaban J connectivity index is 3.88. The largest absolute Gasteiger partial charge is 0.460 e. The fraction of sp³-hybridized carbons (Fsp3) is 0.727. The maximum atomic E-state index is 11.3. The summed E-state index contributed by atoms with van der Waals surface area (Å²) in [5.41, 5.74) is 0.406. The Kier molecular flexibility index (Phi) is 7.80. The van der Waals surface area contributed by atoms with Gasteiger partial charge in [0.1, 0.15) is 6.61 Å². The van der Waals surface area contributed by atoms with Crippen LogP contribution in [0.5, 0.6) is 0 Å². The third-order valence-electron chi connectivity index (χ3n) is 2.08. The number of allylic oxidation sites excluding steroid dienone is 1. The lowest BCUT2D eigenvalue weighted by Crippen LogP contribution is -2.18. The molecule has 0 fully saturated rings. The van der Waals surface area contributed by atoms with Crippen molar-refractivity contribution in [1.82, 2.24) is 0 Å². The molecule has 1 atom stereocenters. The maximum Gasteiger partial charge on any atom is 0.333 e. The van der Waals surface area contributed by atoms with Gasteiger partial charge in [0.25, 0.3) is 0 Å². The van der Waals surface area contributed by atoms with Gasteiger partial charge in [-0.25, -0.2) is 4.79 Å². The summed E-state index contributed by atoms with van der Waals surface area (Å²) >= 11 is 0. The first-order chi connectivity index (χ1) is 7.47. The molecule has 0 aliphatic rings. The predicted molar refractivity (Wildman–Crippen MR) is 58.5 cm³/mol. The zero-order valence-electron chi connectivity index (χ0n) is 9.72. The van der Waals surface area contributed by atoms with Gasteiger partial charge in [0.2, 0.25) is 0 Å². The SMILES string of the molecule is CCC(O)COC(=O)C(C)=CCCC(O)O. The number of carbonyl (C=O) groups is 1. The number of aliphatic hydroxyl groups excluding tert-OH is 2. The van der Waals surface area contributed by atoms with E-state index in [1.165, 1.54) is 0 Å². The van der Waals surface area contributed by atoms with Crippen molar-refractivity contribution in [1.29, 1.82) is 0 Å². The average Bonchev–Trinajstić information content (AvgIpc) is 2.24. The van der Waals surface area contributed by atoms with E-state index in [0.29, 0.717) is 18.4 Å². The highest BCUT2D eigenvalue weighted by Crippen LogP contribution is 2.03. The van der Waals surface area contributed by atoms with E-state index in [0.717, 1.165) is 0 Å². The van der Waals surface area contributed by atoms with Crippen molar-refractivity contribution >= 4 is 5.97 Å². The lowest BCUT2D eigenvalue weighted by atomic mass is 10.2. The van der Waals surface area contributed by atoms with Crippen LogP contribution in [0.2, 0.25) is 0 Å². The highest BCUT2D eigenvalue weighted by molar-refractivity contribution is 5.87. The molecular formula is C11H20O5. The monoisotopic (exact) mass is 232 g/mol. The van der Waals surface area contributed by atoms with Crippen LogP contribution in [0, 0.1) is 0 Å². The van der Waals surface area contributed by atoms with Gasteiger partial charge in [0.15, 0.2) is 6.29 Å². The minimum Gasteiger partial charge on any atom is -0.460 e. The summed E-state index contributed by atoms with van der Waals surface area (Å²) in [5, 5.41) is 26.4. The minimum absolute atomic E-state index is 0.0108. The molecule has 0 aliphatic heterocycles. The number of carbonyl (C=O) groups excluding carboxylic acids is 1. The summed E-state index contributed by atoms with van der Waals surface area (Å²) in [7, 11) is 0. The fourth-order valence-corrected chi connectivity index (χ4v) is 0.936. The van der Waals surface area contributed by atoms with Gasteiger partial charge in [-0.15, -0.1) is 0 Å². The molecule has 0 heterocycles. The molecule has 0 bridgehead atoms. The van der Waals surface area contributed by atoms with E-state index >= 15 is 0 Å². The standard InChI is InChI=1S/C11H20O5/c1-3-9(12)7-16-11(15)8(2)5-4-6-10(13)14/h5,9-10,12-14H,3-4,6-7H2,1-2H3. The van der Waals surface area contributed by atoms with Crippen LogP contribution in [0.4, 0.5) is 0 Å². The summed E-state index contributed by atoms with van der Waals surface area (Å²) in [6.45, 7) is 3.37. The van der Waals surface area contributed by atoms with Gasteiger partial charge >= 0.3 is 5.97 Å². The molecule has 0 saturated carbocycles. The van der Waals surface area contributed by atoms with Crippen LogP contribution >= 0.6 is 0 Å². The van der Waals surface area contributed by atoms with E-state index < -0.39 is 18.4 Å². The molecule has 94 valence electrons. The van der Waals surface area contributed by atoms with Crippen LogP contribution in [0.25, 0.3) is 0 Å². The predicted octanol–water partition coefficient (Wildman–Crippen LogP) is 0.338. The molecule has 0 rings (SSSR count).